The molecule has 0 atom stereocenters. The third-order valence-electron chi connectivity index (χ3n) is 4.12. The van der Waals surface area contributed by atoms with E-state index >= 15 is 0 Å². The van der Waals surface area contributed by atoms with Crippen molar-refractivity contribution in [3.63, 3.8) is 0 Å². The number of hydrogen-bond donors (Lipinski definition) is 0. The van der Waals surface area contributed by atoms with Gasteiger partial charge >= 0.3 is 0 Å². The van der Waals surface area contributed by atoms with E-state index < -0.39 is 9.84 Å². The van der Waals surface area contributed by atoms with Crippen molar-refractivity contribution in [1.29, 1.82) is 0 Å². The van der Waals surface area contributed by atoms with Crippen LogP contribution in [0.2, 0.25) is 5.02 Å². The molecule has 4 aromatic rings. The SMILES string of the molecule is Cc1ccc(S(=O)(=O)c2cnc(-c3ccc(Cl)cc3)c3nccn23)cc1. The van der Waals surface area contributed by atoms with Gasteiger partial charge < -0.3 is 0 Å². The van der Waals surface area contributed by atoms with Crippen LogP contribution in [0.1, 0.15) is 5.56 Å². The van der Waals surface area contributed by atoms with Crippen LogP contribution < -0.4 is 0 Å². The van der Waals surface area contributed by atoms with Gasteiger partial charge in [-0.15, -0.1) is 0 Å². The number of imidazole rings is 1. The minimum absolute atomic E-state index is 0.0755. The lowest BCUT2D eigenvalue weighted by Crippen LogP contribution is -2.09. The highest BCUT2D eigenvalue weighted by Gasteiger charge is 2.23. The Morgan fingerprint density at radius 2 is 1.65 bits per heavy atom. The van der Waals surface area contributed by atoms with Crippen LogP contribution in [0.3, 0.4) is 0 Å². The van der Waals surface area contributed by atoms with Gasteiger partial charge in [-0.3, -0.25) is 4.40 Å². The van der Waals surface area contributed by atoms with Gasteiger partial charge in [0.1, 0.15) is 5.69 Å². The lowest BCUT2D eigenvalue weighted by atomic mass is 10.1. The second-order valence-electron chi connectivity index (χ2n) is 5.89. The molecule has 2 aromatic heterocycles. The van der Waals surface area contributed by atoms with Gasteiger partial charge in [0.05, 0.1) is 11.1 Å². The van der Waals surface area contributed by atoms with Gasteiger partial charge in [0.2, 0.25) is 9.84 Å². The van der Waals surface area contributed by atoms with E-state index in [-0.39, 0.29) is 9.92 Å². The first-order valence-electron chi connectivity index (χ1n) is 7.86. The molecule has 0 saturated carbocycles. The zero-order valence-corrected chi connectivity index (χ0v) is 15.4. The van der Waals surface area contributed by atoms with Crippen molar-refractivity contribution in [2.75, 3.05) is 0 Å². The van der Waals surface area contributed by atoms with E-state index in [2.05, 4.69) is 9.97 Å². The molecule has 0 unspecified atom stereocenters. The summed E-state index contributed by atoms with van der Waals surface area (Å²) in [7, 11) is -3.72. The fraction of sp³-hybridized carbons (Fsp3) is 0.0526. The molecule has 0 fully saturated rings. The van der Waals surface area contributed by atoms with Crippen LogP contribution >= 0.6 is 11.6 Å². The van der Waals surface area contributed by atoms with Crippen molar-refractivity contribution < 1.29 is 8.42 Å². The fourth-order valence-corrected chi connectivity index (χ4v) is 4.20. The predicted molar refractivity (Wildman–Crippen MR) is 100 cm³/mol. The van der Waals surface area contributed by atoms with Crippen LogP contribution in [-0.4, -0.2) is 22.8 Å². The molecule has 0 amide bonds. The lowest BCUT2D eigenvalue weighted by Gasteiger charge is -2.10. The molecule has 0 aliphatic rings. The topological polar surface area (TPSA) is 64.3 Å². The van der Waals surface area contributed by atoms with E-state index in [1.807, 2.05) is 19.1 Å². The van der Waals surface area contributed by atoms with Crippen LogP contribution in [-0.2, 0) is 9.84 Å². The van der Waals surface area contributed by atoms with Crippen LogP contribution in [0.15, 0.2) is 77.0 Å². The second-order valence-corrected chi connectivity index (χ2v) is 8.22. The first-order chi connectivity index (χ1) is 12.5. The number of aromatic nitrogens is 3. The molecule has 7 heteroatoms. The van der Waals surface area contributed by atoms with Crippen LogP contribution in [0, 0.1) is 6.92 Å². The summed E-state index contributed by atoms with van der Waals surface area (Å²) < 4.78 is 27.6. The van der Waals surface area contributed by atoms with Gasteiger partial charge in [-0.25, -0.2) is 18.4 Å². The van der Waals surface area contributed by atoms with E-state index in [9.17, 15) is 8.42 Å². The zero-order valence-electron chi connectivity index (χ0n) is 13.8. The number of fused-ring (bicyclic) bond motifs is 1. The molecule has 4 rings (SSSR count). The smallest absolute Gasteiger partial charge is 0.223 e. The molecule has 0 saturated heterocycles. The van der Waals surface area contributed by atoms with Crippen molar-refractivity contribution in [3.05, 3.63) is 77.7 Å². The van der Waals surface area contributed by atoms with Gasteiger partial charge in [0.25, 0.3) is 0 Å². The standard InChI is InChI=1S/C19H14ClN3O2S/c1-13-2-8-16(9-3-13)26(24,25)17-12-22-18(19-21-10-11-23(17)19)14-4-6-15(20)7-5-14/h2-12H,1H3. The van der Waals surface area contributed by atoms with Crippen molar-refractivity contribution in [2.24, 2.45) is 0 Å². The number of sulfone groups is 1. The first kappa shape index (κ1) is 16.8. The molecule has 5 nitrogen and oxygen atoms in total. The van der Waals surface area contributed by atoms with E-state index in [1.54, 1.807) is 53.2 Å². The Balaban J connectivity index is 1.91. The molecule has 0 bridgehead atoms. The highest BCUT2D eigenvalue weighted by Crippen LogP contribution is 2.27. The number of rotatable bonds is 3. The summed E-state index contributed by atoms with van der Waals surface area (Å²) in [4.78, 5) is 8.91. The second kappa shape index (κ2) is 6.23. The van der Waals surface area contributed by atoms with Crippen molar-refractivity contribution in [2.45, 2.75) is 16.8 Å². The molecular formula is C19H14ClN3O2S. The number of benzene rings is 2. The van der Waals surface area contributed by atoms with E-state index in [1.165, 1.54) is 6.20 Å². The summed E-state index contributed by atoms with van der Waals surface area (Å²) >= 11 is 5.94. The predicted octanol–water partition coefficient (Wildman–Crippen LogP) is 4.19. The summed E-state index contributed by atoms with van der Waals surface area (Å²) in [5.74, 6) is 0. The van der Waals surface area contributed by atoms with Crippen LogP contribution in [0.4, 0.5) is 0 Å². The third kappa shape index (κ3) is 2.77. The van der Waals surface area contributed by atoms with Crippen LogP contribution in [0.25, 0.3) is 16.9 Å². The zero-order chi connectivity index (χ0) is 18.3. The molecule has 0 radical (unpaired) electrons. The molecule has 130 valence electrons. The molecule has 0 spiro atoms. The third-order valence-corrected chi connectivity index (χ3v) is 6.12. The Morgan fingerprint density at radius 3 is 2.35 bits per heavy atom. The van der Waals surface area contributed by atoms with E-state index in [4.69, 9.17) is 11.6 Å². The molecule has 2 aromatic carbocycles. The van der Waals surface area contributed by atoms with Gasteiger partial charge in [-0.1, -0.05) is 41.4 Å². The summed E-state index contributed by atoms with van der Waals surface area (Å²) in [6.45, 7) is 1.91. The van der Waals surface area contributed by atoms with E-state index in [0.717, 1.165) is 11.1 Å². The van der Waals surface area contributed by atoms with Gasteiger partial charge in [0, 0.05) is 23.0 Å². The maximum atomic E-state index is 13.0. The lowest BCUT2D eigenvalue weighted by molar-refractivity contribution is 0.590. The summed E-state index contributed by atoms with van der Waals surface area (Å²) in [5.41, 5.74) is 2.87. The maximum absolute atomic E-state index is 13.0. The summed E-state index contributed by atoms with van der Waals surface area (Å²) in [6.07, 6.45) is 4.55. The number of aryl methyl sites for hydroxylation is 1. The highest BCUT2D eigenvalue weighted by molar-refractivity contribution is 7.91. The average molecular weight is 384 g/mol. The Kier molecular flexibility index (Phi) is 4.01. The molecule has 0 N–H and O–H groups in total. The maximum Gasteiger partial charge on any atom is 0.223 e. The first-order valence-corrected chi connectivity index (χ1v) is 9.73. The molecule has 0 aliphatic heterocycles. The monoisotopic (exact) mass is 383 g/mol. The minimum atomic E-state index is -3.72. The average Bonchev–Trinajstić information content (AvgIpc) is 3.11. The van der Waals surface area contributed by atoms with Crippen LogP contribution in [0.5, 0.6) is 0 Å². The molecule has 0 aliphatic carbocycles. The number of nitrogens with zero attached hydrogens (tertiary/aromatic N) is 3. The van der Waals surface area contributed by atoms with Gasteiger partial charge in [0.15, 0.2) is 10.7 Å². The normalized spacial score (nSPS) is 11.8. The summed E-state index contributed by atoms with van der Waals surface area (Å²) in [6, 6.07) is 13.9. The van der Waals surface area contributed by atoms with Crippen molar-refractivity contribution >= 4 is 27.1 Å². The number of hydrogen-bond acceptors (Lipinski definition) is 4. The van der Waals surface area contributed by atoms with Crippen molar-refractivity contribution in [1.82, 2.24) is 14.4 Å². The quantitative estimate of drug-likeness (QED) is 0.532. The highest BCUT2D eigenvalue weighted by atomic mass is 35.5. The Morgan fingerprint density at radius 1 is 0.962 bits per heavy atom. The molecule has 2 heterocycles. The van der Waals surface area contributed by atoms with Gasteiger partial charge in [-0.05, 0) is 31.2 Å². The minimum Gasteiger partial charge on any atom is -0.287 e. The summed E-state index contributed by atoms with van der Waals surface area (Å²) in [5, 5.41) is 0.693. The molecule has 26 heavy (non-hydrogen) atoms. The van der Waals surface area contributed by atoms with Crippen molar-refractivity contribution in [3.8, 4) is 11.3 Å². The van der Waals surface area contributed by atoms with E-state index in [0.29, 0.717) is 16.4 Å². The Labute approximate surface area is 155 Å². The Hall–Kier alpha value is -2.70. The fourth-order valence-electron chi connectivity index (χ4n) is 2.74. The molecular weight excluding hydrogens is 370 g/mol. The largest absolute Gasteiger partial charge is 0.287 e. The number of halogens is 1. The Bertz CT molecular complexity index is 1200. The van der Waals surface area contributed by atoms with Gasteiger partial charge in [-0.2, -0.15) is 0 Å².